The van der Waals surface area contributed by atoms with Crippen molar-refractivity contribution in [2.75, 3.05) is 0 Å². The number of nitrogens with zero attached hydrogens (tertiary/aromatic N) is 1. The van der Waals surface area contributed by atoms with E-state index >= 15 is 0 Å². The Labute approximate surface area is 108 Å². The molecule has 1 heterocycles. The SMILES string of the molecule is O=C(CC1CC2CCC1C2)NCc1ccccn1. The molecule has 1 amide bonds. The minimum absolute atomic E-state index is 0.193. The lowest BCUT2D eigenvalue weighted by atomic mass is 9.86. The molecule has 0 spiro atoms. The Morgan fingerprint density at radius 2 is 2.28 bits per heavy atom. The quantitative estimate of drug-likeness (QED) is 0.884. The summed E-state index contributed by atoms with van der Waals surface area (Å²) < 4.78 is 0. The third-order valence-corrected chi connectivity index (χ3v) is 4.52. The van der Waals surface area contributed by atoms with Crippen LogP contribution in [0.15, 0.2) is 24.4 Å². The second-order valence-corrected chi connectivity index (χ2v) is 5.74. The van der Waals surface area contributed by atoms with E-state index in [1.54, 1.807) is 6.20 Å². The maximum Gasteiger partial charge on any atom is 0.220 e. The first-order valence-corrected chi connectivity index (χ1v) is 6.98. The molecule has 3 nitrogen and oxygen atoms in total. The van der Waals surface area contributed by atoms with Crippen molar-refractivity contribution in [3.8, 4) is 0 Å². The first-order chi connectivity index (χ1) is 8.81. The molecule has 1 aromatic heterocycles. The summed E-state index contributed by atoms with van der Waals surface area (Å²) in [6.45, 7) is 0.556. The summed E-state index contributed by atoms with van der Waals surface area (Å²) in [5, 5.41) is 2.98. The lowest BCUT2D eigenvalue weighted by Gasteiger charge is -2.20. The van der Waals surface area contributed by atoms with E-state index in [9.17, 15) is 4.79 Å². The summed E-state index contributed by atoms with van der Waals surface area (Å²) in [7, 11) is 0. The lowest BCUT2D eigenvalue weighted by molar-refractivity contribution is -0.122. The Balaban J connectivity index is 1.45. The highest BCUT2D eigenvalue weighted by molar-refractivity contribution is 5.76. The number of hydrogen-bond acceptors (Lipinski definition) is 2. The molecule has 2 saturated carbocycles. The number of carbonyl (C=O) groups is 1. The standard InChI is InChI=1S/C15H20N2O/c18-15(17-10-14-3-1-2-6-16-14)9-13-8-11-4-5-12(13)7-11/h1-3,6,11-13H,4-5,7-10H2,(H,17,18). The highest BCUT2D eigenvalue weighted by Gasteiger charge is 2.39. The minimum Gasteiger partial charge on any atom is -0.350 e. The average Bonchev–Trinajstić information content (AvgIpc) is 3.00. The van der Waals surface area contributed by atoms with Crippen LogP contribution in [0.3, 0.4) is 0 Å². The van der Waals surface area contributed by atoms with E-state index in [0.717, 1.165) is 17.5 Å². The van der Waals surface area contributed by atoms with Crippen LogP contribution in [0.1, 0.15) is 37.8 Å². The molecule has 2 aliphatic carbocycles. The van der Waals surface area contributed by atoms with Crippen LogP contribution in [0.5, 0.6) is 0 Å². The fraction of sp³-hybridized carbons (Fsp3) is 0.600. The van der Waals surface area contributed by atoms with Gasteiger partial charge in [0.15, 0.2) is 0 Å². The van der Waals surface area contributed by atoms with Crippen LogP contribution < -0.4 is 5.32 Å². The Morgan fingerprint density at radius 1 is 1.33 bits per heavy atom. The van der Waals surface area contributed by atoms with E-state index in [1.165, 1.54) is 25.7 Å². The summed E-state index contributed by atoms with van der Waals surface area (Å²) >= 11 is 0. The molecule has 0 saturated heterocycles. The van der Waals surface area contributed by atoms with Gasteiger partial charge in [0.25, 0.3) is 0 Å². The molecule has 0 aromatic carbocycles. The molecule has 2 aliphatic rings. The van der Waals surface area contributed by atoms with Crippen molar-refractivity contribution in [3.63, 3.8) is 0 Å². The van der Waals surface area contributed by atoms with Gasteiger partial charge in [0, 0.05) is 12.6 Å². The molecule has 3 heteroatoms. The van der Waals surface area contributed by atoms with E-state index < -0.39 is 0 Å². The monoisotopic (exact) mass is 244 g/mol. The molecule has 2 bridgehead atoms. The molecular formula is C15H20N2O. The van der Waals surface area contributed by atoms with Crippen LogP contribution in [-0.2, 0) is 11.3 Å². The molecule has 1 aromatic rings. The third kappa shape index (κ3) is 2.55. The van der Waals surface area contributed by atoms with E-state index in [-0.39, 0.29) is 5.91 Å². The van der Waals surface area contributed by atoms with Crippen LogP contribution in [0, 0.1) is 17.8 Å². The van der Waals surface area contributed by atoms with Crippen molar-refractivity contribution in [3.05, 3.63) is 30.1 Å². The number of amides is 1. The van der Waals surface area contributed by atoms with Gasteiger partial charge in [-0.05, 0) is 49.1 Å². The van der Waals surface area contributed by atoms with Gasteiger partial charge in [0.2, 0.25) is 5.91 Å². The van der Waals surface area contributed by atoms with Crippen LogP contribution in [-0.4, -0.2) is 10.9 Å². The third-order valence-electron chi connectivity index (χ3n) is 4.52. The van der Waals surface area contributed by atoms with E-state index in [4.69, 9.17) is 0 Å². The predicted molar refractivity (Wildman–Crippen MR) is 69.6 cm³/mol. The normalized spacial score (nSPS) is 29.4. The summed E-state index contributed by atoms with van der Waals surface area (Å²) in [6.07, 6.45) is 7.88. The average molecular weight is 244 g/mol. The zero-order chi connectivity index (χ0) is 12.4. The van der Waals surface area contributed by atoms with Gasteiger partial charge in [-0.3, -0.25) is 9.78 Å². The number of hydrogen-bond donors (Lipinski definition) is 1. The number of rotatable bonds is 4. The van der Waals surface area contributed by atoms with Gasteiger partial charge in [0.1, 0.15) is 0 Å². The first-order valence-electron chi connectivity index (χ1n) is 6.98. The molecule has 2 fully saturated rings. The van der Waals surface area contributed by atoms with Crippen molar-refractivity contribution in [1.82, 2.24) is 10.3 Å². The number of pyridine rings is 1. The Kier molecular flexibility index (Phi) is 3.31. The second kappa shape index (κ2) is 5.09. The number of aromatic nitrogens is 1. The maximum atomic E-state index is 11.9. The highest BCUT2D eigenvalue weighted by Crippen LogP contribution is 2.49. The highest BCUT2D eigenvalue weighted by atomic mass is 16.1. The van der Waals surface area contributed by atoms with Gasteiger partial charge in [-0.1, -0.05) is 12.5 Å². The van der Waals surface area contributed by atoms with Crippen molar-refractivity contribution < 1.29 is 4.79 Å². The van der Waals surface area contributed by atoms with E-state index in [2.05, 4.69) is 10.3 Å². The van der Waals surface area contributed by atoms with Gasteiger partial charge < -0.3 is 5.32 Å². The van der Waals surface area contributed by atoms with Crippen molar-refractivity contribution in [1.29, 1.82) is 0 Å². The van der Waals surface area contributed by atoms with E-state index in [1.807, 2.05) is 18.2 Å². The molecule has 3 unspecified atom stereocenters. The predicted octanol–water partition coefficient (Wildman–Crippen LogP) is 2.52. The van der Waals surface area contributed by atoms with Gasteiger partial charge in [-0.2, -0.15) is 0 Å². The second-order valence-electron chi connectivity index (χ2n) is 5.74. The molecule has 1 N–H and O–H groups in total. The largest absolute Gasteiger partial charge is 0.350 e. The molecular weight excluding hydrogens is 224 g/mol. The molecule has 3 rings (SSSR count). The molecule has 18 heavy (non-hydrogen) atoms. The number of fused-ring (bicyclic) bond motifs is 2. The zero-order valence-electron chi connectivity index (χ0n) is 10.6. The van der Waals surface area contributed by atoms with Crippen molar-refractivity contribution in [2.24, 2.45) is 17.8 Å². The van der Waals surface area contributed by atoms with Gasteiger partial charge >= 0.3 is 0 Å². The number of nitrogens with one attached hydrogen (secondary N) is 1. The van der Waals surface area contributed by atoms with Gasteiger partial charge in [-0.25, -0.2) is 0 Å². The Bertz CT molecular complexity index is 418. The van der Waals surface area contributed by atoms with Gasteiger partial charge in [-0.15, -0.1) is 0 Å². The summed E-state index contributed by atoms with van der Waals surface area (Å²) in [4.78, 5) is 16.1. The molecule has 0 radical (unpaired) electrons. The fourth-order valence-corrected chi connectivity index (χ4v) is 3.63. The van der Waals surface area contributed by atoms with Crippen LogP contribution in [0.25, 0.3) is 0 Å². The van der Waals surface area contributed by atoms with Crippen LogP contribution in [0.4, 0.5) is 0 Å². The van der Waals surface area contributed by atoms with Crippen LogP contribution in [0.2, 0.25) is 0 Å². The fourth-order valence-electron chi connectivity index (χ4n) is 3.63. The lowest BCUT2D eigenvalue weighted by Crippen LogP contribution is -2.27. The minimum atomic E-state index is 0.193. The topological polar surface area (TPSA) is 42.0 Å². The van der Waals surface area contributed by atoms with Crippen LogP contribution >= 0.6 is 0 Å². The first kappa shape index (κ1) is 11.7. The zero-order valence-corrected chi connectivity index (χ0v) is 10.6. The Morgan fingerprint density at radius 3 is 2.94 bits per heavy atom. The summed E-state index contributed by atoms with van der Waals surface area (Å²) in [5.41, 5.74) is 0.929. The molecule has 96 valence electrons. The van der Waals surface area contributed by atoms with Crippen molar-refractivity contribution in [2.45, 2.75) is 38.6 Å². The number of carbonyl (C=O) groups excluding carboxylic acids is 1. The van der Waals surface area contributed by atoms with Gasteiger partial charge in [0.05, 0.1) is 12.2 Å². The molecule has 3 atom stereocenters. The summed E-state index contributed by atoms with van der Waals surface area (Å²) in [6, 6.07) is 5.78. The smallest absolute Gasteiger partial charge is 0.220 e. The van der Waals surface area contributed by atoms with Crippen molar-refractivity contribution >= 4 is 5.91 Å². The Hall–Kier alpha value is -1.38. The maximum absolute atomic E-state index is 11.9. The van der Waals surface area contributed by atoms with E-state index in [0.29, 0.717) is 18.9 Å². The molecule has 0 aliphatic heterocycles. The summed E-state index contributed by atoms with van der Waals surface area (Å²) in [5.74, 6) is 2.59.